The van der Waals surface area contributed by atoms with E-state index in [1.165, 1.54) is 25.3 Å². The van der Waals surface area contributed by atoms with Crippen molar-refractivity contribution in [3.63, 3.8) is 0 Å². The molecule has 2 N–H and O–H groups in total. The van der Waals surface area contributed by atoms with Gasteiger partial charge in [-0.05, 0) is 6.07 Å². The minimum atomic E-state index is -1.21. The standard InChI is InChI=1S/C15H19N3O7/c1-24-12(15(20)21)9-16-14(19)10-3-2-4-11(18(22)23)13(10)17-5-7-25-8-6-17/h2-4,12H,5-9H2,1H3,(H,16,19)(H,20,21). The average Bonchev–Trinajstić information content (AvgIpc) is 2.61. The van der Waals surface area contributed by atoms with Gasteiger partial charge in [0.1, 0.15) is 5.69 Å². The fraction of sp³-hybridized carbons (Fsp3) is 0.467. The number of rotatable bonds is 7. The second kappa shape index (κ2) is 8.40. The zero-order chi connectivity index (χ0) is 18.4. The predicted octanol–water partition coefficient (Wildman–Crippen LogP) is 0.261. The van der Waals surface area contributed by atoms with Crippen LogP contribution >= 0.6 is 0 Å². The van der Waals surface area contributed by atoms with Crippen molar-refractivity contribution in [2.24, 2.45) is 0 Å². The summed E-state index contributed by atoms with van der Waals surface area (Å²) in [5.74, 6) is -1.82. The molecule has 136 valence electrons. The number of anilines is 1. The van der Waals surface area contributed by atoms with E-state index < -0.39 is 22.9 Å². The van der Waals surface area contributed by atoms with Crippen LogP contribution in [0, 0.1) is 10.1 Å². The van der Waals surface area contributed by atoms with E-state index in [9.17, 15) is 19.7 Å². The largest absolute Gasteiger partial charge is 0.479 e. The maximum atomic E-state index is 12.5. The molecule has 1 aliphatic heterocycles. The Bertz CT molecular complexity index is 659. The number of carbonyl (C=O) groups is 2. The number of nitrogens with one attached hydrogen (secondary N) is 1. The zero-order valence-corrected chi connectivity index (χ0v) is 13.6. The maximum absolute atomic E-state index is 12.5. The minimum absolute atomic E-state index is 0.108. The summed E-state index contributed by atoms with van der Waals surface area (Å²) in [6.07, 6.45) is -1.20. The van der Waals surface area contributed by atoms with Crippen molar-refractivity contribution < 1.29 is 29.1 Å². The number of nitro benzene ring substituents is 1. The Kier molecular flexibility index (Phi) is 6.25. The summed E-state index contributed by atoms with van der Waals surface area (Å²) in [5, 5.41) is 22.8. The highest BCUT2D eigenvalue weighted by Crippen LogP contribution is 2.32. The van der Waals surface area contributed by atoms with Crippen molar-refractivity contribution >= 4 is 23.3 Å². The number of nitrogens with zero attached hydrogens (tertiary/aromatic N) is 2. The molecule has 0 spiro atoms. The Morgan fingerprint density at radius 1 is 1.44 bits per heavy atom. The lowest BCUT2D eigenvalue weighted by Gasteiger charge is -2.29. The quantitative estimate of drug-likeness (QED) is 0.527. The molecule has 1 unspecified atom stereocenters. The first kappa shape index (κ1) is 18.6. The molecule has 0 aromatic heterocycles. The molecular weight excluding hydrogens is 334 g/mol. The van der Waals surface area contributed by atoms with E-state index in [0.717, 1.165) is 0 Å². The Balaban J connectivity index is 2.29. The molecule has 0 aliphatic carbocycles. The molecule has 1 saturated heterocycles. The van der Waals surface area contributed by atoms with Gasteiger partial charge >= 0.3 is 5.97 Å². The van der Waals surface area contributed by atoms with Gasteiger partial charge < -0.3 is 24.8 Å². The molecule has 1 amide bonds. The first-order valence-electron chi connectivity index (χ1n) is 7.59. The Hall–Kier alpha value is -2.72. The summed E-state index contributed by atoms with van der Waals surface area (Å²) >= 11 is 0. The summed E-state index contributed by atoms with van der Waals surface area (Å²) in [6, 6.07) is 4.22. The number of hydrogen-bond donors (Lipinski definition) is 2. The topological polar surface area (TPSA) is 131 Å². The van der Waals surface area contributed by atoms with E-state index in [-0.39, 0.29) is 23.5 Å². The van der Waals surface area contributed by atoms with Gasteiger partial charge in [0.05, 0.1) is 30.2 Å². The second-order valence-corrected chi connectivity index (χ2v) is 5.30. The molecule has 2 rings (SSSR count). The summed E-state index contributed by atoms with van der Waals surface area (Å²) in [4.78, 5) is 36.0. The lowest BCUT2D eigenvalue weighted by Crippen LogP contribution is -2.40. The van der Waals surface area contributed by atoms with Crippen LogP contribution in [-0.4, -0.2) is 68.0 Å². The highest BCUT2D eigenvalue weighted by Gasteiger charge is 2.28. The molecule has 0 saturated carbocycles. The number of para-hydroxylation sites is 1. The van der Waals surface area contributed by atoms with Gasteiger partial charge in [0.15, 0.2) is 6.10 Å². The third-order valence-electron chi connectivity index (χ3n) is 3.79. The molecule has 0 bridgehead atoms. The van der Waals surface area contributed by atoms with Crippen LogP contribution in [0.1, 0.15) is 10.4 Å². The number of benzene rings is 1. The first-order valence-corrected chi connectivity index (χ1v) is 7.59. The Labute approximate surface area is 143 Å². The highest BCUT2D eigenvalue weighted by atomic mass is 16.6. The van der Waals surface area contributed by atoms with Crippen LogP contribution in [0.25, 0.3) is 0 Å². The minimum Gasteiger partial charge on any atom is -0.479 e. The normalized spacial score (nSPS) is 15.5. The average molecular weight is 353 g/mol. The van der Waals surface area contributed by atoms with E-state index in [2.05, 4.69) is 5.32 Å². The van der Waals surface area contributed by atoms with Gasteiger partial charge in [-0.3, -0.25) is 14.9 Å². The maximum Gasteiger partial charge on any atom is 0.334 e. The van der Waals surface area contributed by atoms with Gasteiger partial charge in [0, 0.05) is 26.3 Å². The monoisotopic (exact) mass is 353 g/mol. The van der Waals surface area contributed by atoms with Crippen molar-refractivity contribution in [2.45, 2.75) is 6.10 Å². The third kappa shape index (κ3) is 4.43. The van der Waals surface area contributed by atoms with E-state index in [1.807, 2.05) is 0 Å². The number of nitro groups is 1. The Morgan fingerprint density at radius 3 is 2.68 bits per heavy atom. The van der Waals surface area contributed by atoms with E-state index >= 15 is 0 Å². The van der Waals surface area contributed by atoms with Gasteiger partial charge in [-0.1, -0.05) is 6.07 Å². The number of ether oxygens (including phenoxy) is 2. The van der Waals surface area contributed by atoms with Crippen LogP contribution in [0.2, 0.25) is 0 Å². The molecule has 1 atom stereocenters. The highest BCUT2D eigenvalue weighted by molar-refractivity contribution is 6.02. The lowest BCUT2D eigenvalue weighted by atomic mass is 10.1. The fourth-order valence-corrected chi connectivity index (χ4v) is 2.53. The van der Waals surface area contributed by atoms with E-state index in [4.69, 9.17) is 14.6 Å². The van der Waals surface area contributed by atoms with Crippen LogP contribution < -0.4 is 10.2 Å². The van der Waals surface area contributed by atoms with Crippen LogP contribution in [0.5, 0.6) is 0 Å². The molecule has 1 aliphatic rings. The predicted molar refractivity (Wildman–Crippen MR) is 86.9 cm³/mol. The van der Waals surface area contributed by atoms with Gasteiger partial charge in [0.25, 0.3) is 11.6 Å². The molecule has 10 heteroatoms. The van der Waals surface area contributed by atoms with Crippen molar-refractivity contribution in [3.05, 3.63) is 33.9 Å². The van der Waals surface area contributed by atoms with Crippen LogP contribution in [0.4, 0.5) is 11.4 Å². The Morgan fingerprint density at radius 2 is 2.12 bits per heavy atom. The van der Waals surface area contributed by atoms with E-state index in [0.29, 0.717) is 26.3 Å². The van der Waals surface area contributed by atoms with Crippen molar-refractivity contribution in [1.82, 2.24) is 5.32 Å². The van der Waals surface area contributed by atoms with Crippen LogP contribution in [0.3, 0.4) is 0 Å². The number of carboxylic acids is 1. The molecule has 1 aromatic rings. The number of carboxylic acid groups (broad SMARTS) is 1. The molecule has 25 heavy (non-hydrogen) atoms. The van der Waals surface area contributed by atoms with E-state index in [1.54, 1.807) is 4.90 Å². The van der Waals surface area contributed by atoms with Gasteiger partial charge in [-0.15, -0.1) is 0 Å². The summed E-state index contributed by atoms with van der Waals surface area (Å²) in [7, 11) is 1.22. The van der Waals surface area contributed by atoms with Crippen LogP contribution in [-0.2, 0) is 14.3 Å². The van der Waals surface area contributed by atoms with Crippen molar-refractivity contribution in [2.75, 3.05) is 44.9 Å². The molecule has 10 nitrogen and oxygen atoms in total. The number of carbonyl (C=O) groups excluding carboxylic acids is 1. The fourth-order valence-electron chi connectivity index (χ4n) is 2.53. The number of methoxy groups -OCH3 is 1. The number of hydrogen-bond acceptors (Lipinski definition) is 7. The summed E-state index contributed by atoms with van der Waals surface area (Å²) < 4.78 is 10.0. The summed E-state index contributed by atoms with van der Waals surface area (Å²) in [5.41, 5.74) is 0.130. The second-order valence-electron chi connectivity index (χ2n) is 5.30. The third-order valence-corrected chi connectivity index (χ3v) is 3.79. The number of aliphatic carboxylic acids is 1. The molecule has 1 aromatic carbocycles. The number of amides is 1. The van der Waals surface area contributed by atoms with Gasteiger partial charge in [0.2, 0.25) is 0 Å². The number of morpholine rings is 1. The molecular formula is C15H19N3O7. The molecule has 1 heterocycles. The lowest BCUT2D eigenvalue weighted by molar-refractivity contribution is -0.384. The zero-order valence-electron chi connectivity index (χ0n) is 13.6. The van der Waals surface area contributed by atoms with Crippen molar-refractivity contribution in [1.29, 1.82) is 0 Å². The van der Waals surface area contributed by atoms with Gasteiger partial charge in [-0.25, -0.2) is 4.79 Å². The first-order chi connectivity index (χ1) is 12.0. The smallest absolute Gasteiger partial charge is 0.334 e. The summed E-state index contributed by atoms with van der Waals surface area (Å²) in [6.45, 7) is 1.38. The van der Waals surface area contributed by atoms with Crippen molar-refractivity contribution in [3.8, 4) is 0 Å². The van der Waals surface area contributed by atoms with Crippen LogP contribution in [0.15, 0.2) is 18.2 Å². The molecule has 0 radical (unpaired) electrons. The molecule has 1 fully saturated rings. The van der Waals surface area contributed by atoms with Gasteiger partial charge in [-0.2, -0.15) is 0 Å². The SMILES string of the molecule is COC(CNC(=O)c1cccc([N+](=O)[O-])c1N1CCOCC1)C(=O)O.